The summed E-state index contributed by atoms with van der Waals surface area (Å²) in [4.78, 5) is 25.3. The molecular formula is C26H26N2O7S. The molecule has 3 aromatic carbocycles. The van der Waals surface area contributed by atoms with E-state index in [9.17, 15) is 18.0 Å². The van der Waals surface area contributed by atoms with Crippen LogP contribution in [0.3, 0.4) is 0 Å². The highest BCUT2D eigenvalue weighted by Crippen LogP contribution is 2.36. The number of furan rings is 1. The van der Waals surface area contributed by atoms with Crippen LogP contribution < -0.4 is 14.8 Å². The van der Waals surface area contributed by atoms with Gasteiger partial charge in [-0.25, -0.2) is 8.42 Å². The molecule has 0 unspecified atom stereocenters. The van der Waals surface area contributed by atoms with Gasteiger partial charge < -0.3 is 19.2 Å². The second kappa shape index (κ2) is 10.4. The Balaban J connectivity index is 1.45. The smallest absolute Gasteiger partial charge is 0.324 e. The van der Waals surface area contributed by atoms with Gasteiger partial charge in [0.15, 0.2) is 6.61 Å². The minimum atomic E-state index is -3.96. The third-order valence-electron chi connectivity index (χ3n) is 5.57. The lowest BCUT2D eigenvalue weighted by molar-refractivity contribution is -0.150. The standard InChI is InChI=1S/C26H26N2O7S/c1-16(2)25(28-36(31,32)17-9-5-4-6-10-17)26(30)34-15-24(29)27-20-14-22-19(13-23(20)33-3)18-11-7-8-12-21(18)35-22/h4-14,16,25,28H,15H2,1-3H3,(H,27,29)/t25-/m0/s1. The van der Waals surface area contributed by atoms with E-state index in [2.05, 4.69) is 10.0 Å². The van der Waals surface area contributed by atoms with Crippen LogP contribution in [0, 0.1) is 5.92 Å². The number of sulfonamides is 1. The van der Waals surface area contributed by atoms with Crippen molar-refractivity contribution in [3.05, 3.63) is 66.7 Å². The van der Waals surface area contributed by atoms with E-state index < -0.39 is 40.5 Å². The predicted octanol–water partition coefficient (Wildman–Crippen LogP) is 4.08. The zero-order chi connectivity index (χ0) is 25.9. The molecule has 36 heavy (non-hydrogen) atoms. The number of amides is 1. The fourth-order valence-electron chi connectivity index (χ4n) is 3.72. The van der Waals surface area contributed by atoms with Gasteiger partial charge in [0.25, 0.3) is 5.91 Å². The van der Waals surface area contributed by atoms with E-state index in [-0.39, 0.29) is 4.90 Å². The number of nitrogens with one attached hydrogen (secondary N) is 2. The molecule has 0 radical (unpaired) electrons. The van der Waals surface area contributed by atoms with E-state index in [4.69, 9.17) is 13.9 Å². The van der Waals surface area contributed by atoms with E-state index in [0.29, 0.717) is 22.6 Å². The van der Waals surface area contributed by atoms with Gasteiger partial charge in [0, 0.05) is 16.8 Å². The van der Waals surface area contributed by atoms with Crippen molar-refractivity contribution in [1.29, 1.82) is 0 Å². The molecular weight excluding hydrogens is 484 g/mol. The molecule has 0 fully saturated rings. The molecule has 10 heteroatoms. The van der Waals surface area contributed by atoms with Crippen LogP contribution in [0.2, 0.25) is 0 Å². The Hall–Kier alpha value is -3.89. The normalized spacial score (nSPS) is 12.6. The highest BCUT2D eigenvalue weighted by atomic mass is 32.2. The summed E-state index contributed by atoms with van der Waals surface area (Å²) in [5.41, 5.74) is 1.60. The number of benzene rings is 3. The minimum Gasteiger partial charge on any atom is -0.495 e. The highest BCUT2D eigenvalue weighted by molar-refractivity contribution is 7.89. The Labute approximate surface area is 208 Å². The number of anilines is 1. The zero-order valence-electron chi connectivity index (χ0n) is 20.0. The number of rotatable bonds is 9. The summed E-state index contributed by atoms with van der Waals surface area (Å²) >= 11 is 0. The maximum atomic E-state index is 12.7. The van der Waals surface area contributed by atoms with Gasteiger partial charge in [-0.15, -0.1) is 0 Å². The van der Waals surface area contributed by atoms with Gasteiger partial charge in [-0.2, -0.15) is 4.72 Å². The average molecular weight is 511 g/mol. The number of carbonyl (C=O) groups is 2. The second-order valence-corrected chi connectivity index (χ2v) is 10.2. The van der Waals surface area contributed by atoms with Gasteiger partial charge in [0.05, 0.1) is 17.7 Å². The SMILES string of the molecule is COc1cc2c(cc1NC(=O)COC(=O)[C@@H](NS(=O)(=O)c1ccccc1)C(C)C)oc1ccccc12. The number of methoxy groups -OCH3 is 1. The summed E-state index contributed by atoms with van der Waals surface area (Å²) in [6.07, 6.45) is 0. The predicted molar refractivity (Wildman–Crippen MR) is 135 cm³/mol. The topological polar surface area (TPSA) is 124 Å². The van der Waals surface area contributed by atoms with E-state index >= 15 is 0 Å². The van der Waals surface area contributed by atoms with Crippen LogP contribution in [0.1, 0.15) is 13.8 Å². The number of esters is 1. The summed E-state index contributed by atoms with van der Waals surface area (Å²) < 4.78 is 44.1. The number of hydrogen-bond acceptors (Lipinski definition) is 7. The van der Waals surface area contributed by atoms with E-state index in [1.807, 2.05) is 24.3 Å². The van der Waals surface area contributed by atoms with Gasteiger partial charge in [-0.1, -0.05) is 50.2 Å². The first-order valence-corrected chi connectivity index (χ1v) is 12.7. The highest BCUT2D eigenvalue weighted by Gasteiger charge is 2.30. The molecule has 2 N–H and O–H groups in total. The first kappa shape index (κ1) is 25.2. The number of para-hydroxylation sites is 1. The molecule has 0 saturated heterocycles. The molecule has 4 rings (SSSR count). The third-order valence-corrected chi connectivity index (χ3v) is 7.03. The van der Waals surface area contributed by atoms with Crippen molar-refractivity contribution in [2.24, 2.45) is 5.92 Å². The molecule has 1 aromatic heterocycles. The lowest BCUT2D eigenvalue weighted by Gasteiger charge is -2.20. The molecule has 9 nitrogen and oxygen atoms in total. The molecule has 188 valence electrons. The monoisotopic (exact) mass is 510 g/mol. The molecule has 4 aromatic rings. The van der Waals surface area contributed by atoms with E-state index in [0.717, 1.165) is 10.8 Å². The van der Waals surface area contributed by atoms with Crippen LogP contribution in [0.25, 0.3) is 21.9 Å². The van der Waals surface area contributed by atoms with Gasteiger partial charge in [-0.05, 0) is 30.2 Å². The second-order valence-electron chi connectivity index (χ2n) is 8.46. The van der Waals surface area contributed by atoms with Crippen LogP contribution >= 0.6 is 0 Å². The summed E-state index contributed by atoms with van der Waals surface area (Å²) in [5.74, 6) is -1.50. The zero-order valence-corrected chi connectivity index (χ0v) is 20.8. The number of carbonyl (C=O) groups excluding carboxylic acids is 2. The largest absolute Gasteiger partial charge is 0.495 e. The Morgan fingerprint density at radius 2 is 1.64 bits per heavy atom. The maximum absolute atomic E-state index is 12.7. The Morgan fingerprint density at radius 1 is 0.944 bits per heavy atom. The quantitative estimate of drug-likeness (QED) is 0.325. The molecule has 0 spiro atoms. The van der Waals surface area contributed by atoms with Crippen molar-refractivity contribution < 1.29 is 31.9 Å². The van der Waals surface area contributed by atoms with Crippen molar-refractivity contribution in [2.45, 2.75) is 24.8 Å². The van der Waals surface area contributed by atoms with Gasteiger partial charge in [-0.3, -0.25) is 9.59 Å². The lowest BCUT2D eigenvalue weighted by Crippen LogP contribution is -2.45. The molecule has 1 heterocycles. The number of hydrogen-bond donors (Lipinski definition) is 2. The number of fused-ring (bicyclic) bond motifs is 3. The Kier molecular flexibility index (Phi) is 7.27. The van der Waals surface area contributed by atoms with Crippen molar-refractivity contribution in [3.63, 3.8) is 0 Å². The van der Waals surface area contributed by atoms with E-state index in [1.54, 1.807) is 44.2 Å². The maximum Gasteiger partial charge on any atom is 0.324 e. The average Bonchev–Trinajstić information content (AvgIpc) is 3.23. The molecule has 1 amide bonds. The van der Waals surface area contributed by atoms with Crippen LogP contribution in [0.4, 0.5) is 5.69 Å². The first-order valence-electron chi connectivity index (χ1n) is 11.2. The van der Waals surface area contributed by atoms with Crippen molar-refractivity contribution >= 4 is 49.5 Å². The van der Waals surface area contributed by atoms with Crippen LogP contribution in [-0.2, 0) is 24.3 Å². The Bertz CT molecular complexity index is 1510. The minimum absolute atomic E-state index is 0.0225. The van der Waals surface area contributed by atoms with Gasteiger partial charge >= 0.3 is 5.97 Å². The first-order chi connectivity index (χ1) is 17.2. The summed E-state index contributed by atoms with van der Waals surface area (Å²) in [7, 11) is -2.48. The van der Waals surface area contributed by atoms with Crippen LogP contribution in [0.5, 0.6) is 5.75 Å². The summed E-state index contributed by atoms with van der Waals surface area (Å²) in [6.45, 7) is 2.73. The van der Waals surface area contributed by atoms with Gasteiger partial charge in [0.1, 0.15) is 23.0 Å². The van der Waals surface area contributed by atoms with Crippen molar-refractivity contribution in [3.8, 4) is 5.75 Å². The molecule has 0 aliphatic carbocycles. The summed E-state index contributed by atoms with van der Waals surface area (Å²) in [6, 6.07) is 17.5. The molecule has 0 saturated carbocycles. The number of ether oxygens (including phenoxy) is 2. The van der Waals surface area contributed by atoms with Crippen LogP contribution in [0.15, 0.2) is 76.0 Å². The van der Waals surface area contributed by atoms with Crippen molar-refractivity contribution in [2.75, 3.05) is 19.0 Å². The van der Waals surface area contributed by atoms with E-state index in [1.165, 1.54) is 19.2 Å². The molecule has 0 bridgehead atoms. The van der Waals surface area contributed by atoms with Crippen molar-refractivity contribution in [1.82, 2.24) is 4.72 Å². The fourth-order valence-corrected chi connectivity index (χ4v) is 5.08. The lowest BCUT2D eigenvalue weighted by atomic mass is 10.1. The molecule has 0 aliphatic rings. The fraction of sp³-hybridized carbons (Fsp3) is 0.231. The third kappa shape index (κ3) is 5.34. The van der Waals surface area contributed by atoms with Crippen LogP contribution in [-0.4, -0.2) is 40.1 Å². The molecule has 1 atom stereocenters. The molecule has 0 aliphatic heterocycles. The van der Waals surface area contributed by atoms with Gasteiger partial charge in [0.2, 0.25) is 10.0 Å². The Morgan fingerprint density at radius 3 is 2.33 bits per heavy atom. The summed E-state index contributed by atoms with van der Waals surface area (Å²) in [5, 5.41) is 4.40.